The van der Waals surface area contributed by atoms with Crippen molar-refractivity contribution in [2.75, 3.05) is 35.9 Å². The van der Waals surface area contributed by atoms with Crippen molar-refractivity contribution in [1.82, 2.24) is 9.29 Å². The number of hydrogen-bond acceptors (Lipinski definition) is 6. The lowest BCUT2D eigenvalue weighted by molar-refractivity contribution is 0.0730. The first-order valence-electron chi connectivity index (χ1n) is 10.4. The van der Waals surface area contributed by atoms with E-state index >= 15 is 0 Å². The van der Waals surface area contributed by atoms with Crippen molar-refractivity contribution in [3.63, 3.8) is 0 Å². The molecule has 2 aromatic carbocycles. The summed E-state index contributed by atoms with van der Waals surface area (Å²) in [5, 5.41) is 2.93. The summed E-state index contributed by atoms with van der Waals surface area (Å²) in [6, 6.07) is 13.2. The summed E-state index contributed by atoms with van der Waals surface area (Å²) in [6.07, 6.45) is 2.90. The fraction of sp³-hybridized carbons (Fsp3) is 0.182. The lowest BCUT2D eigenvalue weighted by Crippen LogP contribution is -2.40. The largest absolute Gasteiger partial charge is 0.379 e. The zero-order valence-electron chi connectivity index (χ0n) is 18.2. The highest BCUT2D eigenvalue weighted by atomic mass is 35.5. The second-order valence-electron chi connectivity index (χ2n) is 7.39. The molecule has 13 heteroatoms. The molecule has 1 aromatic heterocycles. The van der Waals surface area contributed by atoms with Crippen LogP contribution in [0.25, 0.3) is 0 Å². The van der Waals surface area contributed by atoms with E-state index in [1.807, 2.05) is 0 Å². The summed E-state index contributed by atoms with van der Waals surface area (Å²) in [7, 11) is -3.67. The molecule has 1 unspecified atom stereocenters. The summed E-state index contributed by atoms with van der Waals surface area (Å²) < 4.78 is 55.3. The van der Waals surface area contributed by atoms with Crippen LogP contribution in [0.15, 0.2) is 71.9 Å². The van der Waals surface area contributed by atoms with Crippen LogP contribution in [-0.2, 0) is 26.0 Å². The predicted molar refractivity (Wildman–Crippen MR) is 133 cm³/mol. The Hall–Kier alpha value is -2.87. The van der Waals surface area contributed by atoms with Crippen molar-refractivity contribution in [1.29, 1.82) is 0 Å². The minimum absolute atomic E-state index is 0.0359. The lowest BCUT2D eigenvalue weighted by atomic mass is 10.1. The fourth-order valence-corrected chi connectivity index (χ4v) is 5.70. The Morgan fingerprint density at radius 2 is 1.86 bits per heavy atom. The third-order valence-electron chi connectivity index (χ3n) is 5.18. The van der Waals surface area contributed by atoms with E-state index in [1.54, 1.807) is 12.1 Å². The highest BCUT2D eigenvalue weighted by molar-refractivity contribution is 7.89. The smallest absolute Gasteiger partial charge is 0.266 e. The number of morpholine rings is 1. The molecule has 10 nitrogen and oxygen atoms in total. The molecule has 1 atom stereocenters. The van der Waals surface area contributed by atoms with Crippen LogP contribution >= 0.6 is 11.6 Å². The van der Waals surface area contributed by atoms with Crippen LogP contribution in [-0.4, -0.2) is 58.7 Å². The summed E-state index contributed by atoms with van der Waals surface area (Å²) >= 11 is 3.60. The van der Waals surface area contributed by atoms with Gasteiger partial charge < -0.3 is 10.1 Å². The van der Waals surface area contributed by atoms with E-state index in [1.165, 1.54) is 59.2 Å². The van der Waals surface area contributed by atoms with Crippen molar-refractivity contribution < 1.29 is 26.7 Å². The van der Waals surface area contributed by atoms with E-state index in [0.29, 0.717) is 24.6 Å². The zero-order chi connectivity index (χ0) is 25.0. The van der Waals surface area contributed by atoms with Crippen LogP contribution in [0.1, 0.15) is 10.4 Å². The summed E-state index contributed by atoms with van der Waals surface area (Å²) in [4.78, 5) is 17.2. The Labute approximate surface area is 210 Å². The quantitative estimate of drug-likeness (QED) is 0.443. The number of carbonyl (C=O) groups excluding carboxylic acids is 1. The maximum absolute atomic E-state index is 13.1. The number of benzene rings is 2. The predicted octanol–water partition coefficient (Wildman–Crippen LogP) is 3.28. The molecule has 1 aliphatic heterocycles. The van der Waals surface area contributed by atoms with Gasteiger partial charge in [-0.05, 0) is 54.6 Å². The number of pyridine rings is 1. The van der Waals surface area contributed by atoms with Crippen LogP contribution < -0.4 is 9.62 Å². The number of nitrogens with one attached hydrogen (secondary N) is 1. The van der Waals surface area contributed by atoms with Gasteiger partial charge in [-0.2, -0.15) is 4.31 Å². The van der Waals surface area contributed by atoms with Gasteiger partial charge in [-0.25, -0.2) is 16.9 Å². The van der Waals surface area contributed by atoms with Gasteiger partial charge in [0.15, 0.2) is 0 Å². The van der Waals surface area contributed by atoms with Gasteiger partial charge in [-0.1, -0.05) is 11.6 Å². The van der Waals surface area contributed by atoms with Gasteiger partial charge in [0.2, 0.25) is 10.0 Å². The maximum atomic E-state index is 13.1. The highest BCUT2D eigenvalue weighted by Gasteiger charge is 2.27. The number of rotatable bonds is 7. The first-order valence-corrected chi connectivity index (χ1v) is 13.3. The first kappa shape index (κ1) is 25.2. The van der Waals surface area contributed by atoms with Crippen molar-refractivity contribution in [2.45, 2.75) is 4.90 Å². The van der Waals surface area contributed by atoms with Crippen LogP contribution in [0.2, 0.25) is 5.02 Å². The van der Waals surface area contributed by atoms with Gasteiger partial charge in [-0.3, -0.25) is 14.3 Å². The van der Waals surface area contributed by atoms with Gasteiger partial charge in [0.25, 0.3) is 17.2 Å². The summed E-state index contributed by atoms with van der Waals surface area (Å²) in [5.74, 6) is -0.606. The average molecular weight is 537 g/mol. The Bertz CT molecular complexity index is 1330. The molecule has 0 radical (unpaired) electrons. The fourth-order valence-electron chi connectivity index (χ4n) is 3.50. The molecule has 0 saturated carbocycles. The van der Waals surface area contributed by atoms with E-state index in [0.717, 1.165) is 4.31 Å². The molecule has 0 aliphatic carbocycles. The average Bonchev–Trinajstić information content (AvgIpc) is 2.86. The number of hydrogen-bond donors (Lipinski definition) is 2. The lowest BCUT2D eigenvalue weighted by Gasteiger charge is -2.26. The topological polar surface area (TPSA) is 129 Å². The number of anilines is 3. The zero-order valence-corrected chi connectivity index (χ0v) is 20.6. The minimum Gasteiger partial charge on any atom is -0.379 e. The molecule has 1 saturated heterocycles. The van der Waals surface area contributed by atoms with Gasteiger partial charge in [0.1, 0.15) is 0 Å². The van der Waals surface area contributed by atoms with Crippen LogP contribution in [0, 0.1) is 0 Å². The standard InChI is InChI=1S/C22H21ClN4O6S2/c23-16-3-8-21(27(34(29)30)18-2-1-9-24-15-18)20(14-16)22(28)25-17-4-6-19(7-5-17)35(31,32)26-10-12-33-13-11-26/h1-9,14-15H,10-13H2,(H,25,28)(H,29,30). The van der Waals surface area contributed by atoms with E-state index in [9.17, 15) is 22.0 Å². The normalized spacial score (nSPS) is 15.4. The van der Waals surface area contributed by atoms with Crippen molar-refractivity contribution in [3.8, 4) is 0 Å². The van der Waals surface area contributed by atoms with Gasteiger partial charge >= 0.3 is 0 Å². The Morgan fingerprint density at radius 3 is 2.49 bits per heavy atom. The Balaban J connectivity index is 1.60. The molecule has 1 fully saturated rings. The third kappa shape index (κ3) is 5.69. The molecule has 2 heterocycles. The molecule has 184 valence electrons. The molecule has 1 aliphatic rings. The van der Waals surface area contributed by atoms with Gasteiger partial charge in [-0.15, -0.1) is 0 Å². The number of ether oxygens (including phenoxy) is 1. The molecule has 4 rings (SSSR count). The van der Waals surface area contributed by atoms with Crippen LogP contribution in [0.5, 0.6) is 0 Å². The monoisotopic (exact) mass is 536 g/mol. The molecule has 35 heavy (non-hydrogen) atoms. The second-order valence-corrected chi connectivity index (χ2v) is 10.6. The van der Waals surface area contributed by atoms with Crippen LogP contribution in [0.3, 0.4) is 0 Å². The van der Waals surface area contributed by atoms with Gasteiger partial charge in [0.05, 0.1) is 41.2 Å². The van der Waals surface area contributed by atoms with E-state index in [4.69, 9.17) is 16.3 Å². The third-order valence-corrected chi connectivity index (χ3v) is 8.05. The van der Waals surface area contributed by atoms with E-state index in [2.05, 4.69) is 10.3 Å². The van der Waals surface area contributed by atoms with Crippen molar-refractivity contribution in [2.24, 2.45) is 0 Å². The number of carbonyl (C=O) groups is 1. The highest BCUT2D eigenvalue weighted by Crippen LogP contribution is 2.32. The summed E-state index contributed by atoms with van der Waals surface area (Å²) in [5.41, 5.74) is 0.795. The van der Waals surface area contributed by atoms with E-state index < -0.39 is 27.2 Å². The minimum atomic E-state index is -3.67. The number of aromatic nitrogens is 1. The molecule has 2 N–H and O–H groups in total. The SMILES string of the molecule is O=C(Nc1ccc(S(=O)(=O)N2CCOCC2)cc1)c1cc(Cl)ccc1N(c1cccnc1)S(=O)O. The molecule has 0 bridgehead atoms. The van der Waals surface area contributed by atoms with Crippen LogP contribution in [0.4, 0.5) is 17.1 Å². The number of nitrogens with zero attached hydrogens (tertiary/aromatic N) is 3. The van der Waals surface area contributed by atoms with Crippen molar-refractivity contribution >= 4 is 55.9 Å². The molecule has 3 aromatic rings. The molecule has 0 spiro atoms. The van der Waals surface area contributed by atoms with E-state index in [-0.39, 0.29) is 34.3 Å². The maximum Gasteiger partial charge on any atom is 0.266 e. The molecular weight excluding hydrogens is 516 g/mol. The Kier molecular flexibility index (Phi) is 7.79. The van der Waals surface area contributed by atoms with Gasteiger partial charge in [0, 0.05) is 30.0 Å². The number of halogens is 1. The first-order chi connectivity index (χ1) is 16.8. The number of sulfonamides is 1. The second kappa shape index (κ2) is 10.8. The summed E-state index contributed by atoms with van der Waals surface area (Å²) in [6.45, 7) is 1.23. The molecular formula is C22H21ClN4O6S2. The Morgan fingerprint density at radius 1 is 1.14 bits per heavy atom. The molecule has 1 amide bonds. The van der Waals surface area contributed by atoms with Crippen molar-refractivity contribution in [3.05, 3.63) is 77.6 Å². The number of amides is 1.